The van der Waals surface area contributed by atoms with Gasteiger partial charge in [-0.3, -0.25) is 4.98 Å². The summed E-state index contributed by atoms with van der Waals surface area (Å²) in [6, 6.07) is 10.0. The molecule has 2 heterocycles. The maximum absolute atomic E-state index is 4.47. The Bertz CT molecular complexity index is 689. The van der Waals surface area contributed by atoms with Crippen molar-refractivity contribution >= 4 is 16.7 Å². The van der Waals surface area contributed by atoms with E-state index in [-0.39, 0.29) is 0 Å². The van der Waals surface area contributed by atoms with Crippen molar-refractivity contribution in [2.75, 3.05) is 12.4 Å². The summed E-state index contributed by atoms with van der Waals surface area (Å²) in [4.78, 5) is 12.7. The SMILES string of the molecule is CNc1nccc(-c2cccc3cnccc23)n1. The van der Waals surface area contributed by atoms with E-state index in [0.29, 0.717) is 5.95 Å². The predicted molar refractivity (Wildman–Crippen MR) is 72.3 cm³/mol. The number of nitrogens with one attached hydrogen (secondary N) is 1. The van der Waals surface area contributed by atoms with Crippen molar-refractivity contribution in [1.29, 1.82) is 0 Å². The van der Waals surface area contributed by atoms with E-state index in [1.54, 1.807) is 12.4 Å². The number of fused-ring (bicyclic) bond motifs is 1. The summed E-state index contributed by atoms with van der Waals surface area (Å²) >= 11 is 0. The molecule has 2 aromatic heterocycles. The van der Waals surface area contributed by atoms with Gasteiger partial charge in [-0.25, -0.2) is 9.97 Å². The average Bonchev–Trinajstić information content (AvgIpc) is 2.47. The molecule has 0 aliphatic heterocycles. The van der Waals surface area contributed by atoms with E-state index >= 15 is 0 Å². The quantitative estimate of drug-likeness (QED) is 0.743. The standard InChI is InChI=1S/C14H12N4/c1-15-14-17-8-6-13(18-14)12-4-2-3-10-9-16-7-5-11(10)12/h2-9H,1H3,(H,15,17,18). The molecule has 3 rings (SSSR count). The van der Waals surface area contributed by atoms with E-state index in [9.17, 15) is 0 Å². The molecule has 0 aliphatic rings. The maximum Gasteiger partial charge on any atom is 0.222 e. The molecule has 1 aromatic carbocycles. The third kappa shape index (κ3) is 1.78. The van der Waals surface area contributed by atoms with Crippen LogP contribution in [-0.4, -0.2) is 22.0 Å². The van der Waals surface area contributed by atoms with Crippen molar-refractivity contribution in [3.8, 4) is 11.3 Å². The minimum Gasteiger partial charge on any atom is -0.357 e. The van der Waals surface area contributed by atoms with E-state index in [1.807, 2.05) is 37.5 Å². The highest BCUT2D eigenvalue weighted by atomic mass is 15.1. The van der Waals surface area contributed by atoms with Gasteiger partial charge in [-0.2, -0.15) is 0 Å². The largest absolute Gasteiger partial charge is 0.357 e. The minimum atomic E-state index is 0.624. The van der Waals surface area contributed by atoms with Crippen molar-refractivity contribution in [2.45, 2.75) is 0 Å². The second-order valence-electron chi connectivity index (χ2n) is 3.92. The lowest BCUT2D eigenvalue weighted by atomic mass is 10.0. The Hall–Kier alpha value is -2.49. The Kier molecular flexibility index (Phi) is 2.61. The molecule has 4 heteroatoms. The van der Waals surface area contributed by atoms with Crippen LogP contribution in [0.3, 0.4) is 0 Å². The van der Waals surface area contributed by atoms with Gasteiger partial charge in [0.15, 0.2) is 0 Å². The van der Waals surface area contributed by atoms with E-state index < -0.39 is 0 Å². The molecular formula is C14H12N4. The van der Waals surface area contributed by atoms with Crippen molar-refractivity contribution in [3.63, 3.8) is 0 Å². The van der Waals surface area contributed by atoms with E-state index in [2.05, 4.69) is 26.3 Å². The van der Waals surface area contributed by atoms with Gasteiger partial charge in [-0.1, -0.05) is 18.2 Å². The van der Waals surface area contributed by atoms with Gasteiger partial charge in [0.2, 0.25) is 5.95 Å². The molecule has 1 N–H and O–H groups in total. The Balaban J connectivity index is 2.24. The van der Waals surface area contributed by atoms with Crippen LogP contribution in [0.15, 0.2) is 48.9 Å². The molecule has 0 amide bonds. The summed E-state index contributed by atoms with van der Waals surface area (Å²) in [5.74, 6) is 0.624. The molecule has 0 spiro atoms. The van der Waals surface area contributed by atoms with Crippen LogP contribution in [0, 0.1) is 0 Å². The van der Waals surface area contributed by atoms with Crippen LogP contribution >= 0.6 is 0 Å². The molecule has 0 bridgehead atoms. The van der Waals surface area contributed by atoms with Gasteiger partial charge in [0.05, 0.1) is 5.69 Å². The second-order valence-corrected chi connectivity index (χ2v) is 3.92. The molecule has 0 aliphatic carbocycles. The molecular weight excluding hydrogens is 224 g/mol. The van der Waals surface area contributed by atoms with Gasteiger partial charge in [0.25, 0.3) is 0 Å². The zero-order valence-corrected chi connectivity index (χ0v) is 9.96. The maximum atomic E-state index is 4.47. The zero-order valence-electron chi connectivity index (χ0n) is 9.96. The number of benzene rings is 1. The van der Waals surface area contributed by atoms with Crippen LogP contribution in [-0.2, 0) is 0 Å². The van der Waals surface area contributed by atoms with Crippen LogP contribution in [0.4, 0.5) is 5.95 Å². The van der Waals surface area contributed by atoms with Crippen LogP contribution in [0.5, 0.6) is 0 Å². The summed E-state index contributed by atoms with van der Waals surface area (Å²) in [6.07, 6.45) is 5.42. The van der Waals surface area contributed by atoms with E-state index in [0.717, 1.165) is 22.0 Å². The molecule has 0 atom stereocenters. The summed E-state index contributed by atoms with van der Waals surface area (Å²) in [5.41, 5.74) is 2.00. The van der Waals surface area contributed by atoms with Gasteiger partial charge >= 0.3 is 0 Å². The lowest BCUT2D eigenvalue weighted by Gasteiger charge is -2.06. The Morgan fingerprint density at radius 3 is 2.89 bits per heavy atom. The van der Waals surface area contributed by atoms with E-state index in [1.165, 1.54) is 0 Å². The van der Waals surface area contributed by atoms with Gasteiger partial charge in [0, 0.05) is 36.6 Å². The molecule has 0 fully saturated rings. The lowest BCUT2D eigenvalue weighted by Crippen LogP contribution is -1.96. The fraction of sp³-hybridized carbons (Fsp3) is 0.0714. The molecule has 3 aromatic rings. The first-order chi connectivity index (χ1) is 8.88. The molecule has 18 heavy (non-hydrogen) atoms. The van der Waals surface area contributed by atoms with Crippen LogP contribution in [0.25, 0.3) is 22.0 Å². The number of hydrogen-bond acceptors (Lipinski definition) is 4. The molecule has 0 radical (unpaired) electrons. The summed E-state index contributed by atoms with van der Waals surface area (Å²) in [6.45, 7) is 0. The number of aromatic nitrogens is 3. The van der Waals surface area contributed by atoms with Crippen molar-refractivity contribution in [3.05, 3.63) is 48.9 Å². The van der Waals surface area contributed by atoms with Crippen LogP contribution in [0.2, 0.25) is 0 Å². The normalized spacial score (nSPS) is 10.5. The molecule has 88 valence electrons. The highest BCUT2D eigenvalue weighted by Crippen LogP contribution is 2.26. The fourth-order valence-corrected chi connectivity index (χ4v) is 1.98. The highest BCUT2D eigenvalue weighted by molar-refractivity contribution is 5.95. The van der Waals surface area contributed by atoms with Crippen LogP contribution < -0.4 is 5.32 Å². The molecule has 0 saturated heterocycles. The van der Waals surface area contributed by atoms with Crippen molar-refractivity contribution in [1.82, 2.24) is 15.0 Å². The third-order valence-corrected chi connectivity index (χ3v) is 2.84. The van der Waals surface area contributed by atoms with Crippen molar-refractivity contribution < 1.29 is 0 Å². The first-order valence-electron chi connectivity index (χ1n) is 5.72. The van der Waals surface area contributed by atoms with Crippen LogP contribution in [0.1, 0.15) is 0 Å². The third-order valence-electron chi connectivity index (χ3n) is 2.84. The van der Waals surface area contributed by atoms with Gasteiger partial charge in [0.1, 0.15) is 0 Å². The fourth-order valence-electron chi connectivity index (χ4n) is 1.98. The number of nitrogens with zero attached hydrogens (tertiary/aromatic N) is 3. The summed E-state index contributed by atoms with van der Waals surface area (Å²) in [7, 11) is 1.81. The first kappa shape index (κ1) is 10.7. The molecule has 4 nitrogen and oxygen atoms in total. The Labute approximate surface area is 105 Å². The van der Waals surface area contributed by atoms with Gasteiger partial charge < -0.3 is 5.32 Å². The highest BCUT2D eigenvalue weighted by Gasteiger charge is 2.05. The summed E-state index contributed by atoms with van der Waals surface area (Å²) in [5, 5.41) is 5.21. The number of anilines is 1. The van der Waals surface area contributed by atoms with E-state index in [4.69, 9.17) is 0 Å². The lowest BCUT2D eigenvalue weighted by molar-refractivity contribution is 1.16. The number of hydrogen-bond donors (Lipinski definition) is 1. The Morgan fingerprint density at radius 1 is 1.06 bits per heavy atom. The predicted octanol–water partition coefficient (Wildman–Crippen LogP) is 2.73. The average molecular weight is 236 g/mol. The molecule has 0 saturated carbocycles. The minimum absolute atomic E-state index is 0.624. The number of rotatable bonds is 2. The first-order valence-corrected chi connectivity index (χ1v) is 5.72. The van der Waals surface area contributed by atoms with Gasteiger partial charge in [-0.05, 0) is 17.5 Å². The summed E-state index contributed by atoms with van der Waals surface area (Å²) < 4.78 is 0. The number of pyridine rings is 1. The second kappa shape index (κ2) is 4.41. The topological polar surface area (TPSA) is 50.7 Å². The monoisotopic (exact) mass is 236 g/mol. The zero-order chi connectivity index (χ0) is 12.4. The van der Waals surface area contributed by atoms with Gasteiger partial charge in [-0.15, -0.1) is 0 Å². The smallest absolute Gasteiger partial charge is 0.222 e. The Morgan fingerprint density at radius 2 is 2.00 bits per heavy atom. The van der Waals surface area contributed by atoms with Crippen molar-refractivity contribution in [2.24, 2.45) is 0 Å². The molecule has 0 unspecified atom stereocenters.